The van der Waals surface area contributed by atoms with E-state index in [1.54, 1.807) is 16.7 Å². The van der Waals surface area contributed by atoms with Crippen LogP contribution in [0.15, 0.2) is 72.8 Å². The van der Waals surface area contributed by atoms with Gasteiger partial charge in [-0.1, -0.05) is 83.4 Å². The first-order valence-electron chi connectivity index (χ1n) is 12.5. The molecular weight excluding hydrogens is 500 g/mol. The van der Waals surface area contributed by atoms with E-state index < -0.39 is 11.6 Å². The Balaban J connectivity index is 1.87. The van der Waals surface area contributed by atoms with Crippen molar-refractivity contribution in [2.75, 3.05) is 5.75 Å². The van der Waals surface area contributed by atoms with E-state index in [0.717, 1.165) is 16.9 Å². The molecule has 0 bridgehead atoms. The van der Waals surface area contributed by atoms with Gasteiger partial charge in [-0.2, -0.15) is 0 Å². The number of rotatable bonds is 10. The molecule has 0 aliphatic heterocycles. The number of nitrogens with zero attached hydrogens (tertiary/aromatic N) is 1. The van der Waals surface area contributed by atoms with E-state index in [1.807, 2.05) is 75.4 Å². The number of hydrogen-bond acceptors (Lipinski definition) is 3. The summed E-state index contributed by atoms with van der Waals surface area (Å²) in [6.45, 7) is 10.4. The van der Waals surface area contributed by atoms with Gasteiger partial charge in [-0.25, -0.2) is 0 Å². The van der Waals surface area contributed by atoms with Crippen LogP contribution < -0.4 is 5.32 Å². The number of benzene rings is 3. The van der Waals surface area contributed by atoms with E-state index in [9.17, 15) is 9.59 Å². The monoisotopic (exact) mass is 536 g/mol. The lowest BCUT2D eigenvalue weighted by atomic mass is 10.0. The first kappa shape index (κ1) is 28.8. The van der Waals surface area contributed by atoms with Gasteiger partial charge in [0.2, 0.25) is 11.8 Å². The van der Waals surface area contributed by atoms with Gasteiger partial charge in [0.05, 0.1) is 5.75 Å². The van der Waals surface area contributed by atoms with Crippen LogP contribution >= 0.6 is 23.4 Å². The molecule has 2 amide bonds. The SMILES string of the molecule is Cc1cc(C)cc(CSCC(=O)N(Cc2ccc(Cl)cc2)[C@@H](Cc2ccccc2)C(=O)NC(C)(C)C)c1. The number of nitrogens with one attached hydrogen (secondary N) is 1. The van der Waals surface area contributed by atoms with Crippen LogP contribution in [0.3, 0.4) is 0 Å². The summed E-state index contributed by atoms with van der Waals surface area (Å²) in [6.07, 6.45) is 0.434. The Labute approximate surface area is 230 Å². The van der Waals surface area contributed by atoms with Gasteiger partial charge in [-0.3, -0.25) is 9.59 Å². The average molecular weight is 537 g/mol. The quantitative estimate of drug-likeness (QED) is 0.312. The molecule has 1 N–H and O–H groups in total. The average Bonchev–Trinajstić information content (AvgIpc) is 2.81. The van der Waals surface area contributed by atoms with E-state index in [0.29, 0.717) is 18.0 Å². The molecule has 0 saturated heterocycles. The number of carbonyl (C=O) groups is 2. The van der Waals surface area contributed by atoms with Crippen LogP contribution in [0.4, 0.5) is 0 Å². The van der Waals surface area contributed by atoms with Crippen molar-refractivity contribution >= 4 is 35.2 Å². The molecular formula is C31H37ClN2O2S. The zero-order chi connectivity index (χ0) is 27.0. The van der Waals surface area contributed by atoms with E-state index in [1.165, 1.54) is 16.7 Å². The third-order valence-electron chi connectivity index (χ3n) is 5.81. The van der Waals surface area contributed by atoms with Gasteiger partial charge >= 0.3 is 0 Å². The van der Waals surface area contributed by atoms with Gasteiger partial charge < -0.3 is 10.2 Å². The fourth-order valence-corrected chi connectivity index (χ4v) is 5.26. The molecule has 1 atom stereocenters. The fourth-order valence-electron chi connectivity index (χ4n) is 4.28. The number of amides is 2. The number of aryl methyl sites for hydroxylation is 2. The number of carbonyl (C=O) groups excluding carboxylic acids is 2. The van der Waals surface area contributed by atoms with Gasteiger partial charge in [0.25, 0.3) is 0 Å². The lowest BCUT2D eigenvalue weighted by molar-refractivity contribution is -0.140. The van der Waals surface area contributed by atoms with Crippen LogP contribution in [0, 0.1) is 13.8 Å². The fraction of sp³-hybridized carbons (Fsp3) is 0.355. The predicted molar refractivity (Wildman–Crippen MR) is 156 cm³/mol. The van der Waals surface area contributed by atoms with E-state index in [-0.39, 0.29) is 17.6 Å². The van der Waals surface area contributed by atoms with Crippen molar-refractivity contribution in [1.29, 1.82) is 0 Å². The number of halogens is 1. The van der Waals surface area contributed by atoms with Crippen LogP contribution in [-0.4, -0.2) is 34.0 Å². The lowest BCUT2D eigenvalue weighted by Gasteiger charge is -2.34. The van der Waals surface area contributed by atoms with Gasteiger partial charge in [0, 0.05) is 29.3 Å². The second-order valence-corrected chi connectivity index (χ2v) is 12.0. The molecule has 0 heterocycles. The summed E-state index contributed by atoms with van der Waals surface area (Å²) in [5.74, 6) is 0.808. The maximum Gasteiger partial charge on any atom is 0.243 e. The molecule has 0 aliphatic carbocycles. The van der Waals surface area contributed by atoms with Crippen molar-refractivity contribution in [3.8, 4) is 0 Å². The Morgan fingerprint density at radius 2 is 1.51 bits per heavy atom. The Kier molecular flexibility index (Phi) is 10.2. The van der Waals surface area contributed by atoms with Crippen LogP contribution in [0.25, 0.3) is 0 Å². The van der Waals surface area contributed by atoms with Crippen molar-refractivity contribution < 1.29 is 9.59 Å². The summed E-state index contributed by atoms with van der Waals surface area (Å²) >= 11 is 7.68. The summed E-state index contributed by atoms with van der Waals surface area (Å²) < 4.78 is 0. The zero-order valence-electron chi connectivity index (χ0n) is 22.4. The molecule has 3 aromatic rings. The highest BCUT2D eigenvalue weighted by Gasteiger charge is 2.32. The molecule has 37 heavy (non-hydrogen) atoms. The summed E-state index contributed by atoms with van der Waals surface area (Å²) in [4.78, 5) is 29.1. The molecule has 4 nitrogen and oxygen atoms in total. The first-order chi connectivity index (χ1) is 17.5. The molecule has 0 fully saturated rings. The lowest BCUT2D eigenvalue weighted by Crippen LogP contribution is -2.54. The summed E-state index contributed by atoms with van der Waals surface area (Å²) in [5, 5.41) is 3.74. The predicted octanol–water partition coefficient (Wildman–Crippen LogP) is 6.74. The topological polar surface area (TPSA) is 49.4 Å². The molecule has 0 radical (unpaired) electrons. The van der Waals surface area contributed by atoms with Gasteiger partial charge in [-0.05, 0) is 63.4 Å². The molecule has 196 valence electrons. The number of thioether (sulfide) groups is 1. The molecule has 0 spiro atoms. The third-order valence-corrected chi connectivity index (χ3v) is 7.05. The van der Waals surface area contributed by atoms with E-state index >= 15 is 0 Å². The Morgan fingerprint density at radius 1 is 0.892 bits per heavy atom. The normalized spacial score (nSPS) is 12.2. The molecule has 3 aromatic carbocycles. The number of hydrogen-bond donors (Lipinski definition) is 1. The Bertz CT molecular complexity index is 1170. The van der Waals surface area contributed by atoms with Crippen LogP contribution in [0.1, 0.15) is 48.6 Å². The van der Waals surface area contributed by atoms with Crippen molar-refractivity contribution in [2.45, 2.75) is 64.9 Å². The molecule has 0 saturated carbocycles. The molecule has 3 rings (SSSR count). The molecule has 0 aliphatic rings. The van der Waals surface area contributed by atoms with Crippen molar-refractivity contribution in [3.63, 3.8) is 0 Å². The second kappa shape index (κ2) is 13.2. The van der Waals surface area contributed by atoms with Crippen molar-refractivity contribution in [3.05, 3.63) is 106 Å². The first-order valence-corrected chi connectivity index (χ1v) is 14.1. The van der Waals surface area contributed by atoms with Crippen LogP contribution in [0.5, 0.6) is 0 Å². The van der Waals surface area contributed by atoms with Gasteiger partial charge in [0.15, 0.2) is 0 Å². The van der Waals surface area contributed by atoms with Crippen molar-refractivity contribution in [1.82, 2.24) is 10.2 Å². The van der Waals surface area contributed by atoms with Gasteiger partial charge in [-0.15, -0.1) is 11.8 Å². The maximum atomic E-state index is 13.7. The Morgan fingerprint density at radius 3 is 2.11 bits per heavy atom. The van der Waals surface area contributed by atoms with Gasteiger partial charge in [0.1, 0.15) is 6.04 Å². The highest BCUT2D eigenvalue weighted by Crippen LogP contribution is 2.21. The molecule has 6 heteroatoms. The standard InChI is InChI=1S/C31H37ClN2O2S/c1-22-15-23(2)17-26(16-22)20-37-21-29(35)34(19-25-11-13-27(32)14-12-25)28(30(36)33-31(3,4)5)18-24-9-7-6-8-10-24/h6-17,28H,18-21H2,1-5H3,(H,33,36)/t28-/m0/s1. The summed E-state index contributed by atoms with van der Waals surface area (Å²) in [5.41, 5.74) is 5.15. The van der Waals surface area contributed by atoms with Crippen LogP contribution in [0.2, 0.25) is 5.02 Å². The smallest absolute Gasteiger partial charge is 0.243 e. The minimum absolute atomic E-state index is 0.0608. The van der Waals surface area contributed by atoms with Crippen molar-refractivity contribution in [2.24, 2.45) is 0 Å². The second-order valence-electron chi connectivity index (χ2n) is 10.6. The highest BCUT2D eigenvalue weighted by molar-refractivity contribution is 7.99. The largest absolute Gasteiger partial charge is 0.350 e. The minimum Gasteiger partial charge on any atom is -0.350 e. The van der Waals surface area contributed by atoms with Crippen LogP contribution in [-0.2, 0) is 28.3 Å². The summed E-state index contributed by atoms with van der Waals surface area (Å²) in [7, 11) is 0. The third kappa shape index (κ3) is 9.56. The summed E-state index contributed by atoms with van der Waals surface area (Å²) in [6, 6.07) is 23.1. The molecule has 0 unspecified atom stereocenters. The molecule has 0 aromatic heterocycles. The minimum atomic E-state index is -0.647. The highest BCUT2D eigenvalue weighted by atomic mass is 35.5. The Hall–Kier alpha value is -2.76. The van der Waals surface area contributed by atoms with E-state index in [4.69, 9.17) is 11.6 Å². The van der Waals surface area contributed by atoms with E-state index in [2.05, 4.69) is 37.4 Å². The zero-order valence-corrected chi connectivity index (χ0v) is 24.0. The maximum absolute atomic E-state index is 13.7.